The summed E-state index contributed by atoms with van der Waals surface area (Å²) < 4.78 is 1.35. The maximum atomic E-state index is 4.41. The fourth-order valence-corrected chi connectivity index (χ4v) is 3.63. The highest BCUT2D eigenvalue weighted by Crippen LogP contribution is 2.36. The second-order valence-electron chi connectivity index (χ2n) is 4.46. The van der Waals surface area contributed by atoms with E-state index in [-0.39, 0.29) is 0 Å². The van der Waals surface area contributed by atoms with Gasteiger partial charge >= 0.3 is 0 Å². The number of halogens is 1. The smallest absolute Gasteiger partial charge is 0.106 e. The van der Waals surface area contributed by atoms with Gasteiger partial charge < -0.3 is 5.32 Å². The van der Waals surface area contributed by atoms with Crippen LogP contribution in [0.25, 0.3) is 0 Å². The summed E-state index contributed by atoms with van der Waals surface area (Å²) in [6, 6.07) is 6.04. The first kappa shape index (κ1) is 12.4. The third kappa shape index (κ3) is 3.47. The van der Waals surface area contributed by atoms with Gasteiger partial charge in [0.05, 0.1) is 5.69 Å². The Morgan fingerprint density at radius 1 is 1.56 bits per heavy atom. The molecule has 0 aliphatic carbocycles. The van der Waals surface area contributed by atoms with Crippen LogP contribution >= 0.6 is 27.7 Å². The number of pyridine rings is 1. The average molecular weight is 301 g/mol. The summed E-state index contributed by atoms with van der Waals surface area (Å²) in [6.07, 6.45) is 2.69. The summed E-state index contributed by atoms with van der Waals surface area (Å²) in [5.74, 6) is 1.31. The summed E-state index contributed by atoms with van der Waals surface area (Å²) in [5, 5.41) is 3.51. The summed E-state index contributed by atoms with van der Waals surface area (Å²) in [4.78, 5) is 4.41. The lowest BCUT2D eigenvalue weighted by molar-refractivity contribution is 0.534. The Labute approximate surface area is 110 Å². The predicted octanol–water partition coefficient (Wildman–Crippen LogP) is 3.22. The predicted molar refractivity (Wildman–Crippen MR) is 73.7 cm³/mol. The Balaban J connectivity index is 1.79. The zero-order valence-electron chi connectivity index (χ0n) is 9.50. The third-order valence-corrected chi connectivity index (χ3v) is 4.86. The van der Waals surface area contributed by atoms with Gasteiger partial charge in [-0.15, -0.1) is 0 Å². The van der Waals surface area contributed by atoms with E-state index < -0.39 is 0 Å². The Hall–Kier alpha value is -0.0600. The van der Waals surface area contributed by atoms with E-state index >= 15 is 0 Å². The lowest BCUT2D eigenvalue weighted by atomic mass is 10.1. The summed E-state index contributed by atoms with van der Waals surface area (Å²) >= 11 is 5.48. The van der Waals surface area contributed by atoms with E-state index in [0.29, 0.717) is 4.75 Å². The first-order chi connectivity index (χ1) is 7.68. The molecule has 2 heterocycles. The Bertz CT molecular complexity index is 351. The molecular formula is C12H17BrN2S. The van der Waals surface area contributed by atoms with E-state index in [4.69, 9.17) is 0 Å². The highest BCUT2D eigenvalue weighted by molar-refractivity contribution is 9.10. The van der Waals surface area contributed by atoms with Gasteiger partial charge in [-0.05, 0) is 53.6 Å². The zero-order valence-corrected chi connectivity index (χ0v) is 11.9. The molecule has 0 amide bonds. The first-order valence-corrected chi connectivity index (χ1v) is 7.42. The number of rotatable bonds is 4. The minimum atomic E-state index is 0.437. The van der Waals surface area contributed by atoms with Crippen molar-refractivity contribution in [1.29, 1.82) is 0 Å². The maximum Gasteiger partial charge on any atom is 0.106 e. The van der Waals surface area contributed by atoms with Crippen LogP contribution in [-0.2, 0) is 6.54 Å². The van der Waals surface area contributed by atoms with Gasteiger partial charge in [0, 0.05) is 17.8 Å². The molecule has 1 aliphatic rings. The highest BCUT2D eigenvalue weighted by atomic mass is 79.9. The molecule has 0 bridgehead atoms. The number of hydrogen-bond acceptors (Lipinski definition) is 3. The summed E-state index contributed by atoms with van der Waals surface area (Å²) in [6.45, 7) is 4.29. The lowest BCUT2D eigenvalue weighted by Gasteiger charge is -2.22. The van der Waals surface area contributed by atoms with Crippen LogP contribution in [0.3, 0.4) is 0 Å². The number of thioether (sulfide) groups is 1. The number of aromatic nitrogens is 1. The van der Waals surface area contributed by atoms with Crippen LogP contribution in [0.1, 0.15) is 25.5 Å². The number of hydrogen-bond donors (Lipinski definition) is 1. The van der Waals surface area contributed by atoms with E-state index in [2.05, 4.69) is 51.0 Å². The first-order valence-electron chi connectivity index (χ1n) is 5.64. The molecule has 1 N–H and O–H groups in total. The van der Waals surface area contributed by atoms with Gasteiger partial charge in [-0.1, -0.05) is 6.07 Å². The van der Waals surface area contributed by atoms with Crippen LogP contribution in [0.4, 0.5) is 0 Å². The summed E-state index contributed by atoms with van der Waals surface area (Å²) in [7, 11) is 0. The fourth-order valence-electron chi connectivity index (χ4n) is 1.98. The van der Waals surface area contributed by atoms with Crippen molar-refractivity contribution in [3.8, 4) is 0 Å². The van der Waals surface area contributed by atoms with Gasteiger partial charge in [0.1, 0.15) is 4.60 Å². The molecular weight excluding hydrogens is 284 g/mol. The molecule has 1 unspecified atom stereocenters. The highest BCUT2D eigenvalue weighted by Gasteiger charge is 2.28. The van der Waals surface area contributed by atoms with Crippen molar-refractivity contribution in [2.45, 2.75) is 31.1 Å². The molecule has 1 aromatic heterocycles. The quantitative estimate of drug-likeness (QED) is 0.864. The SMILES string of the molecule is CC1(CNCc2cccc(Br)n2)CCCS1. The second kappa shape index (κ2) is 5.52. The Morgan fingerprint density at radius 3 is 3.12 bits per heavy atom. The van der Waals surface area contributed by atoms with Crippen LogP contribution in [0.15, 0.2) is 22.8 Å². The molecule has 1 saturated heterocycles. The molecule has 1 fully saturated rings. The van der Waals surface area contributed by atoms with Gasteiger partial charge in [0.15, 0.2) is 0 Å². The van der Waals surface area contributed by atoms with Gasteiger partial charge in [0.25, 0.3) is 0 Å². The topological polar surface area (TPSA) is 24.9 Å². The number of nitrogens with zero attached hydrogens (tertiary/aromatic N) is 1. The van der Waals surface area contributed by atoms with Gasteiger partial charge in [0.2, 0.25) is 0 Å². The molecule has 0 aromatic carbocycles. The molecule has 1 atom stereocenters. The molecule has 2 nitrogen and oxygen atoms in total. The van der Waals surface area contributed by atoms with Crippen molar-refractivity contribution in [1.82, 2.24) is 10.3 Å². The average Bonchev–Trinajstić information content (AvgIpc) is 2.65. The lowest BCUT2D eigenvalue weighted by Crippen LogP contribution is -2.32. The van der Waals surface area contributed by atoms with Crippen molar-refractivity contribution >= 4 is 27.7 Å². The fraction of sp³-hybridized carbons (Fsp3) is 0.583. The standard InChI is InChI=1S/C12H17BrN2S/c1-12(6-3-7-16-12)9-14-8-10-4-2-5-11(13)15-10/h2,4-5,14H,3,6-9H2,1H3. The monoisotopic (exact) mass is 300 g/mol. The molecule has 1 aromatic rings. The number of nitrogens with one attached hydrogen (secondary N) is 1. The largest absolute Gasteiger partial charge is 0.310 e. The maximum absolute atomic E-state index is 4.41. The van der Waals surface area contributed by atoms with Crippen molar-refractivity contribution < 1.29 is 0 Å². The van der Waals surface area contributed by atoms with E-state index in [1.165, 1.54) is 18.6 Å². The van der Waals surface area contributed by atoms with Crippen LogP contribution < -0.4 is 5.32 Å². The van der Waals surface area contributed by atoms with E-state index in [9.17, 15) is 0 Å². The van der Waals surface area contributed by atoms with Crippen molar-refractivity contribution in [3.63, 3.8) is 0 Å². The molecule has 0 radical (unpaired) electrons. The van der Waals surface area contributed by atoms with Crippen molar-refractivity contribution in [3.05, 3.63) is 28.5 Å². The van der Waals surface area contributed by atoms with E-state index in [1.807, 2.05) is 12.1 Å². The molecule has 1 aliphatic heterocycles. The summed E-state index contributed by atoms with van der Waals surface area (Å²) in [5.41, 5.74) is 1.10. The van der Waals surface area contributed by atoms with Crippen LogP contribution in [0.2, 0.25) is 0 Å². The normalized spacial score (nSPS) is 24.9. The molecule has 0 spiro atoms. The zero-order chi connectivity index (χ0) is 11.4. The molecule has 88 valence electrons. The minimum absolute atomic E-state index is 0.437. The molecule has 2 rings (SSSR count). The third-order valence-electron chi connectivity index (χ3n) is 2.88. The van der Waals surface area contributed by atoms with E-state index in [1.54, 1.807) is 0 Å². The molecule has 0 saturated carbocycles. The van der Waals surface area contributed by atoms with Crippen LogP contribution in [0, 0.1) is 0 Å². The Kier molecular flexibility index (Phi) is 4.27. The van der Waals surface area contributed by atoms with Crippen molar-refractivity contribution in [2.24, 2.45) is 0 Å². The molecule has 16 heavy (non-hydrogen) atoms. The molecule has 4 heteroatoms. The van der Waals surface area contributed by atoms with Gasteiger partial charge in [-0.2, -0.15) is 11.8 Å². The second-order valence-corrected chi connectivity index (χ2v) is 6.95. The minimum Gasteiger partial charge on any atom is -0.310 e. The van der Waals surface area contributed by atoms with Crippen LogP contribution in [0.5, 0.6) is 0 Å². The van der Waals surface area contributed by atoms with Crippen molar-refractivity contribution in [2.75, 3.05) is 12.3 Å². The van der Waals surface area contributed by atoms with Gasteiger partial charge in [-0.25, -0.2) is 4.98 Å². The van der Waals surface area contributed by atoms with Gasteiger partial charge in [-0.3, -0.25) is 0 Å². The Morgan fingerprint density at radius 2 is 2.44 bits per heavy atom. The van der Waals surface area contributed by atoms with E-state index in [0.717, 1.165) is 23.4 Å². The van der Waals surface area contributed by atoms with Crippen LogP contribution in [-0.4, -0.2) is 22.0 Å².